The summed E-state index contributed by atoms with van der Waals surface area (Å²) in [6.45, 7) is 0. The highest BCUT2D eigenvalue weighted by Gasteiger charge is 2.15. The van der Waals surface area contributed by atoms with Crippen molar-refractivity contribution >= 4 is 22.5 Å². The predicted octanol–water partition coefficient (Wildman–Crippen LogP) is 3.54. The van der Waals surface area contributed by atoms with Crippen LogP contribution in [0.25, 0.3) is 27.6 Å². The van der Waals surface area contributed by atoms with Crippen LogP contribution in [-0.4, -0.2) is 19.5 Å². The van der Waals surface area contributed by atoms with Gasteiger partial charge in [-0.1, -0.05) is 0 Å². The van der Waals surface area contributed by atoms with Gasteiger partial charge in [0.2, 0.25) is 0 Å². The summed E-state index contributed by atoms with van der Waals surface area (Å²) in [6, 6.07) is 11.9. The lowest BCUT2D eigenvalue weighted by Gasteiger charge is -2.05. The average molecular weight is 278 g/mol. The molecule has 0 saturated heterocycles. The van der Waals surface area contributed by atoms with Crippen LogP contribution in [0.5, 0.6) is 0 Å². The van der Waals surface area contributed by atoms with Gasteiger partial charge in [0, 0.05) is 24.2 Å². The van der Waals surface area contributed by atoms with Crippen LogP contribution >= 0.6 is 11.3 Å². The molecule has 0 spiro atoms. The minimum atomic E-state index is 0.869. The lowest BCUT2D eigenvalue weighted by Crippen LogP contribution is -1.96. The van der Waals surface area contributed by atoms with Crippen LogP contribution in [0.15, 0.2) is 60.4 Å². The molecule has 0 aliphatic carbocycles. The van der Waals surface area contributed by atoms with Gasteiger partial charge >= 0.3 is 0 Å². The summed E-state index contributed by atoms with van der Waals surface area (Å²) in [5.41, 5.74) is 2.74. The molecule has 4 nitrogen and oxygen atoms in total. The minimum absolute atomic E-state index is 0.869. The Labute approximate surface area is 119 Å². The van der Waals surface area contributed by atoms with Crippen LogP contribution in [0.2, 0.25) is 0 Å². The van der Waals surface area contributed by atoms with Gasteiger partial charge in [0.25, 0.3) is 0 Å². The number of nitrogens with zero attached hydrogens (tertiary/aromatic N) is 4. The fraction of sp³-hybridized carbons (Fsp3) is 0. The van der Waals surface area contributed by atoms with E-state index in [0.717, 1.165) is 27.6 Å². The van der Waals surface area contributed by atoms with E-state index >= 15 is 0 Å². The first kappa shape index (κ1) is 11.3. The number of thiophene rings is 1. The maximum Gasteiger partial charge on any atom is 0.165 e. The van der Waals surface area contributed by atoms with Gasteiger partial charge in [-0.05, 0) is 41.8 Å². The SMILES string of the molecule is c1cncc(-c2nc3cccnc3n2-c2cccs2)c1. The molecule has 4 aromatic rings. The summed E-state index contributed by atoms with van der Waals surface area (Å²) in [5, 5.41) is 3.15. The zero-order chi connectivity index (χ0) is 13.4. The van der Waals surface area contributed by atoms with Gasteiger partial charge < -0.3 is 0 Å². The molecule has 0 bridgehead atoms. The van der Waals surface area contributed by atoms with Crippen molar-refractivity contribution in [2.75, 3.05) is 0 Å². The summed E-state index contributed by atoms with van der Waals surface area (Å²) in [7, 11) is 0. The second-order valence-electron chi connectivity index (χ2n) is 4.31. The average Bonchev–Trinajstić information content (AvgIpc) is 3.14. The molecule has 5 heteroatoms. The zero-order valence-corrected chi connectivity index (χ0v) is 11.3. The molecule has 0 N–H and O–H groups in total. The maximum atomic E-state index is 4.71. The van der Waals surface area contributed by atoms with Crippen LogP contribution in [0.4, 0.5) is 0 Å². The number of rotatable bonds is 2. The van der Waals surface area contributed by atoms with E-state index < -0.39 is 0 Å². The molecule has 0 amide bonds. The molecule has 4 heterocycles. The quantitative estimate of drug-likeness (QED) is 0.563. The predicted molar refractivity (Wildman–Crippen MR) is 80.0 cm³/mol. The molecule has 0 aliphatic heterocycles. The van der Waals surface area contributed by atoms with Gasteiger partial charge in [0.05, 0.1) is 0 Å². The molecule has 0 atom stereocenters. The minimum Gasteiger partial charge on any atom is -0.267 e. The number of imidazole rings is 1. The maximum absolute atomic E-state index is 4.71. The van der Waals surface area contributed by atoms with E-state index in [1.807, 2.05) is 36.5 Å². The Morgan fingerprint density at radius 1 is 1.00 bits per heavy atom. The third kappa shape index (κ3) is 1.71. The van der Waals surface area contributed by atoms with E-state index in [0.29, 0.717) is 0 Å². The van der Waals surface area contributed by atoms with E-state index in [-0.39, 0.29) is 0 Å². The molecule has 96 valence electrons. The molecule has 0 fully saturated rings. The van der Waals surface area contributed by atoms with Crippen LogP contribution in [0.1, 0.15) is 0 Å². The van der Waals surface area contributed by atoms with E-state index in [2.05, 4.69) is 26.0 Å². The first-order valence-corrected chi connectivity index (χ1v) is 7.09. The van der Waals surface area contributed by atoms with Gasteiger partial charge in [0.15, 0.2) is 5.65 Å². The number of fused-ring (bicyclic) bond motifs is 1. The largest absolute Gasteiger partial charge is 0.267 e. The molecule has 0 saturated carbocycles. The fourth-order valence-corrected chi connectivity index (χ4v) is 2.94. The van der Waals surface area contributed by atoms with Crippen molar-refractivity contribution < 1.29 is 0 Å². The number of hydrogen-bond donors (Lipinski definition) is 0. The molecule has 0 radical (unpaired) electrons. The molecule has 0 unspecified atom stereocenters. The number of pyridine rings is 2. The number of hydrogen-bond acceptors (Lipinski definition) is 4. The summed E-state index contributed by atoms with van der Waals surface area (Å²) in [4.78, 5) is 13.4. The highest BCUT2D eigenvalue weighted by Crippen LogP contribution is 2.28. The van der Waals surface area contributed by atoms with Crippen LogP contribution in [0.3, 0.4) is 0 Å². The third-order valence-corrected chi connectivity index (χ3v) is 3.92. The summed E-state index contributed by atoms with van der Waals surface area (Å²) < 4.78 is 2.08. The second-order valence-corrected chi connectivity index (χ2v) is 5.24. The van der Waals surface area contributed by atoms with Crippen molar-refractivity contribution in [1.82, 2.24) is 19.5 Å². The van der Waals surface area contributed by atoms with E-state index in [1.54, 1.807) is 23.7 Å². The molecule has 4 aromatic heterocycles. The van der Waals surface area contributed by atoms with Gasteiger partial charge in [0.1, 0.15) is 16.3 Å². The molecule has 4 rings (SSSR count). The Morgan fingerprint density at radius 3 is 2.75 bits per heavy atom. The zero-order valence-electron chi connectivity index (χ0n) is 10.5. The highest BCUT2D eigenvalue weighted by atomic mass is 32.1. The van der Waals surface area contributed by atoms with Crippen LogP contribution in [0, 0.1) is 0 Å². The molecular formula is C15H10N4S. The fourth-order valence-electron chi connectivity index (χ4n) is 2.21. The second kappa shape index (κ2) is 4.54. The Balaban J connectivity index is 2.08. The van der Waals surface area contributed by atoms with Crippen molar-refractivity contribution in [1.29, 1.82) is 0 Å². The smallest absolute Gasteiger partial charge is 0.165 e. The molecule has 0 aromatic carbocycles. The van der Waals surface area contributed by atoms with Crippen molar-refractivity contribution in [3.8, 4) is 16.4 Å². The molecule has 0 aliphatic rings. The van der Waals surface area contributed by atoms with E-state index in [9.17, 15) is 0 Å². The van der Waals surface area contributed by atoms with Crippen LogP contribution < -0.4 is 0 Å². The summed E-state index contributed by atoms with van der Waals surface area (Å²) in [5.74, 6) is 0.870. The Bertz CT molecular complexity index is 850. The van der Waals surface area contributed by atoms with Crippen molar-refractivity contribution in [2.24, 2.45) is 0 Å². The van der Waals surface area contributed by atoms with Gasteiger partial charge in [-0.2, -0.15) is 0 Å². The van der Waals surface area contributed by atoms with Gasteiger partial charge in [-0.15, -0.1) is 11.3 Å². The van der Waals surface area contributed by atoms with Gasteiger partial charge in [-0.3, -0.25) is 9.55 Å². The van der Waals surface area contributed by atoms with Gasteiger partial charge in [-0.25, -0.2) is 9.97 Å². The first-order chi connectivity index (χ1) is 9.93. The van der Waals surface area contributed by atoms with Crippen molar-refractivity contribution in [3.63, 3.8) is 0 Å². The standard InChI is InChI=1S/C15H10N4S/c1-4-11(10-16-7-1)14-18-12-5-2-8-17-15(12)19(14)13-6-3-9-20-13/h1-10H. The highest BCUT2D eigenvalue weighted by molar-refractivity contribution is 7.12. The lowest BCUT2D eigenvalue weighted by atomic mass is 10.3. The topological polar surface area (TPSA) is 43.6 Å². The monoisotopic (exact) mass is 278 g/mol. The van der Waals surface area contributed by atoms with E-state index in [4.69, 9.17) is 4.98 Å². The Morgan fingerprint density at radius 2 is 1.95 bits per heavy atom. The lowest BCUT2D eigenvalue weighted by molar-refractivity contribution is 1.10. The third-order valence-electron chi connectivity index (χ3n) is 3.06. The van der Waals surface area contributed by atoms with E-state index in [1.165, 1.54) is 0 Å². The first-order valence-electron chi connectivity index (χ1n) is 6.21. The Hall–Kier alpha value is -2.53. The Kier molecular flexibility index (Phi) is 2.57. The number of aromatic nitrogens is 4. The van der Waals surface area contributed by atoms with Crippen molar-refractivity contribution in [2.45, 2.75) is 0 Å². The van der Waals surface area contributed by atoms with Crippen LogP contribution in [-0.2, 0) is 0 Å². The molecule has 20 heavy (non-hydrogen) atoms. The van der Waals surface area contributed by atoms with Crippen molar-refractivity contribution in [3.05, 3.63) is 60.4 Å². The normalized spacial score (nSPS) is 11.0. The summed E-state index contributed by atoms with van der Waals surface area (Å²) in [6.07, 6.45) is 5.38. The summed E-state index contributed by atoms with van der Waals surface area (Å²) >= 11 is 1.67. The molecular weight excluding hydrogens is 268 g/mol.